The van der Waals surface area contributed by atoms with Crippen molar-refractivity contribution in [1.82, 2.24) is 9.88 Å². The molecule has 0 saturated heterocycles. The first kappa shape index (κ1) is 16.6. The van der Waals surface area contributed by atoms with Crippen LogP contribution in [0.5, 0.6) is 0 Å². The van der Waals surface area contributed by atoms with E-state index in [1.165, 1.54) is 5.39 Å². The van der Waals surface area contributed by atoms with Crippen molar-refractivity contribution in [2.75, 3.05) is 6.61 Å². The van der Waals surface area contributed by atoms with Crippen LogP contribution >= 0.6 is 0 Å². The number of carbonyl (C=O) groups excluding carboxylic acids is 1. The number of rotatable bonds is 7. The van der Waals surface area contributed by atoms with Crippen molar-refractivity contribution in [1.29, 1.82) is 0 Å². The number of carbonyl (C=O) groups is 1. The monoisotopic (exact) mass is 302 g/mol. The third-order valence-corrected chi connectivity index (χ3v) is 4.45. The fourth-order valence-electron chi connectivity index (χ4n) is 2.79. The third-order valence-electron chi connectivity index (χ3n) is 4.45. The van der Waals surface area contributed by atoms with E-state index in [-0.39, 0.29) is 24.5 Å². The first-order chi connectivity index (χ1) is 10.6. The lowest BCUT2D eigenvalue weighted by atomic mass is 10.00. The largest absolute Gasteiger partial charge is 0.394 e. The van der Waals surface area contributed by atoms with Crippen molar-refractivity contribution in [3.05, 3.63) is 36.0 Å². The second kappa shape index (κ2) is 7.45. The van der Waals surface area contributed by atoms with Crippen molar-refractivity contribution in [2.24, 2.45) is 5.92 Å². The van der Waals surface area contributed by atoms with E-state index in [9.17, 15) is 9.90 Å². The molecule has 0 unspecified atom stereocenters. The average molecular weight is 302 g/mol. The minimum absolute atomic E-state index is 0.00321. The molecule has 0 spiro atoms. The Hall–Kier alpha value is -1.81. The topological polar surface area (TPSA) is 54.3 Å². The summed E-state index contributed by atoms with van der Waals surface area (Å²) in [6, 6.07) is 10.2. The summed E-state index contributed by atoms with van der Waals surface area (Å²) in [5.41, 5.74) is 2.32. The van der Waals surface area contributed by atoms with Gasteiger partial charge in [0.15, 0.2) is 0 Å². The van der Waals surface area contributed by atoms with Crippen LogP contribution in [0.25, 0.3) is 10.9 Å². The number of amides is 1. The van der Waals surface area contributed by atoms with Crippen LogP contribution in [0.4, 0.5) is 0 Å². The Kier molecular flexibility index (Phi) is 5.61. The molecule has 1 aromatic heterocycles. The molecule has 0 saturated carbocycles. The number of hydrogen-bond donors (Lipinski definition) is 2. The molecule has 1 heterocycles. The number of fused-ring (bicyclic) bond motifs is 1. The van der Waals surface area contributed by atoms with Gasteiger partial charge in [-0.15, -0.1) is 0 Å². The molecular weight excluding hydrogens is 276 g/mol. The van der Waals surface area contributed by atoms with E-state index >= 15 is 0 Å². The highest BCUT2D eigenvalue weighted by molar-refractivity contribution is 5.81. The zero-order valence-corrected chi connectivity index (χ0v) is 13.7. The van der Waals surface area contributed by atoms with E-state index in [4.69, 9.17) is 0 Å². The summed E-state index contributed by atoms with van der Waals surface area (Å²) >= 11 is 0. The normalized spacial score (nSPS) is 14.0. The number of aliphatic hydroxyl groups is 1. The number of aliphatic hydroxyl groups excluding tert-OH is 1. The molecule has 120 valence electrons. The van der Waals surface area contributed by atoms with Crippen LogP contribution in [-0.2, 0) is 11.3 Å². The number of hydrogen-bond acceptors (Lipinski definition) is 2. The first-order valence-electron chi connectivity index (χ1n) is 8.02. The summed E-state index contributed by atoms with van der Waals surface area (Å²) in [6.45, 7) is 6.82. The predicted octanol–water partition coefficient (Wildman–Crippen LogP) is 2.86. The summed E-state index contributed by atoms with van der Waals surface area (Å²) in [7, 11) is 0. The summed E-state index contributed by atoms with van der Waals surface area (Å²) in [6.07, 6.45) is 1.36. The molecule has 1 amide bonds. The molecule has 1 aromatic carbocycles. The first-order valence-corrected chi connectivity index (χ1v) is 8.02. The van der Waals surface area contributed by atoms with Crippen LogP contribution in [0.2, 0.25) is 0 Å². The summed E-state index contributed by atoms with van der Waals surface area (Å²) in [5, 5.41) is 13.5. The van der Waals surface area contributed by atoms with Crippen molar-refractivity contribution in [3.63, 3.8) is 0 Å². The number of benzene rings is 1. The molecule has 0 radical (unpaired) electrons. The molecule has 2 atom stereocenters. The van der Waals surface area contributed by atoms with Gasteiger partial charge in [-0.2, -0.15) is 0 Å². The molecule has 4 heteroatoms. The Bertz CT molecular complexity index is 633. The van der Waals surface area contributed by atoms with Gasteiger partial charge in [0.05, 0.1) is 12.6 Å². The highest BCUT2D eigenvalue weighted by atomic mass is 16.3. The Balaban J connectivity index is 1.99. The van der Waals surface area contributed by atoms with Crippen LogP contribution < -0.4 is 5.32 Å². The number of nitrogens with one attached hydrogen (secondary N) is 1. The molecule has 22 heavy (non-hydrogen) atoms. The van der Waals surface area contributed by atoms with Gasteiger partial charge < -0.3 is 15.0 Å². The summed E-state index contributed by atoms with van der Waals surface area (Å²) < 4.78 is 2.17. The van der Waals surface area contributed by atoms with Crippen molar-refractivity contribution < 1.29 is 9.90 Å². The van der Waals surface area contributed by atoms with Crippen molar-refractivity contribution >= 4 is 16.8 Å². The lowest BCUT2D eigenvalue weighted by Gasteiger charge is -2.22. The molecule has 0 aliphatic rings. The van der Waals surface area contributed by atoms with E-state index in [2.05, 4.69) is 41.9 Å². The summed E-state index contributed by atoms with van der Waals surface area (Å²) in [5.74, 6) is 0.277. The van der Waals surface area contributed by atoms with Gasteiger partial charge in [-0.25, -0.2) is 0 Å². The minimum Gasteiger partial charge on any atom is -0.394 e. The van der Waals surface area contributed by atoms with Gasteiger partial charge in [-0.1, -0.05) is 38.5 Å². The third kappa shape index (κ3) is 3.69. The van der Waals surface area contributed by atoms with Crippen LogP contribution in [0.3, 0.4) is 0 Å². The second-order valence-corrected chi connectivity index (χ2v) is 5.99. The Morgan fingerprint density at radius 3 is 2.77 bits per heavy atom. The van der Waals surface area contributed by atoms with Gasteiger partial charge in [-0.3, -0.25) is 4.79 Å². The van der Waals surface area contributed by atoms with Crippen LogP contribution in [0.1, 0.15) is 32.4 Å². The fourth-order valence-corrected chi connectivity index (χ4v) is 2.79. The quantitative estimate of drug-likeness (QED) is 0.826. The average Bonchev–Trinajstić information content (AvgIpc) is 2.85. The molecule has 2 rings (SSSR count). The maximum atomic E-state index is 12.1. The van der Waals surface area contributed by atoms with Crippen LogP contribution in [-0.4, -0.2) is 28.2 Å². The molecule has 0 bridgehead atoms. The molecular formula is C18H26N2O2. The fraction of sp³-hybridized carbons (Fsp3) is 0.500. The molecule has 2 N–H and O–H groups in total. The number of para-hydroxylation sites is 1. The molecule has 0 aliphatic carbocycles. The zero-order chi connectivity index (χ0) is 16.1. The molecule has 0 aliphatic heterocycles. The van der Waals surface area contributed by atoms with Crippen LogP contribution in [0, 0.1) is 12.8 Å². The SMILES string of the molecule is CC[C@H](C)[C@@H](CO)NC(=O)CCn1c(C)cc2ccccc21. The molecule has 4 nitrogen and oxygen atoms in total. The minimum atomic E-state index is -0.153. The van der Waals surface area contributed by atoms with Crippen molar-refractivity contribution in [2.45, 2.75) is 46.2 Å². The maximum absolute atomic E-state index is 12.1. The number of aromatic nitrogens is 1. The van der Waals surface area contributed by atoms with E-state index < -0.39 is 0 Å². The molecule has 2 aromatic rings. The predicted molar refractivity (Wildman–Crippen MR) is 89.8 cm³/mol. The number of nitrogens with zero attached hydrogens (tertiary/aromatic N) is 1. The van der Waals surface area contributed by atoms with Gasteiger partial charge in [0, 0.05) is 24.2 Å². The summed E-state index contributed by atoms with van der Waals surface area (Å²) in [4.78, 5) is 12.1. The van der Waals surface area contributed by atoms with Gasteiger partial charge in [-0.05, 0) is 30.4 Å². The maximum Gasteiger partial charge on any atom is 0.222 e. The Morgan fingerprint density at radius 1 is 1.36 bits per heavy atom. The Labute approximate surface area is 132 Å². The lowest BCUT2D eigenvalue weighted by molar-refractivity contribution is -0.122. The number of aryl methyl sites for hydroxylation is 2. The standard InChI is InChI=1S/C18H26N2O2/c1-4-13(2)16(12-21)19-18(22)9-10-20-14(3)11-15-7-5-6-8-17(15)20/h5-8,11,13,16,21H,4,9-10,12H2,1-3H3,(H,19,22)/t13-,16+/m0/s1. The van der Waals surface area contributed by atoms with Gasteiger partial charge in [0.2, 0.25) is 5.91 Å². The second-order valence-electron chi connectivity index (χ2n) is 5.99. The highest BCUT2D eigenvalue weighted by Gasteiger charge is 2.17. The van der Waals surface area contributed by atoms with E-state index in [0.717, 1.165) is 17.6 Å². The van der Waals surface area contributed by atoms with Gasteiger partial charge in [0.25, 0.3) is 0 Å². The van der Waals surface area contributed by atoms with Crippen molar-refractivity contribution in [3.8, 4) is 0 Å². The van der Waals surface area contributed by atoms with E-state index in [1.807, 2.05) is 19.1 Å². The van der Waals surface area contributed by atoms with E-state index in [0.29, 0.717) is 13.0 Å². The highest BCUT2D eigenvalue weighted by Crippen LogP contribution is 2.19. The smallest absolute Gasteiger partial charge is 0.222 e. The Morgan fingerprint density at radius 2 is 2.09 bits per heavy atom. The lowest BCUT2D eigenvalue weighted by Crippen LogP contribution is -2.42. The van der Waals surface area contributed by atoms with E-state index in [1.54, 1.807) is 0 Å². The zero-order valence-electron chi connectivity index (χ0n) is 13.7. The van der Waals surface area contributed by atoms with Crippen LogP contribution in [0.15, 0.2) is 30.3 Å². The van der Waals surface area contributed by atoms with Gasteiger partial charge >= 0.3 is 0 Å². The van der Waals surface area contributed by atoms with Gasteiger partial charge in [0.1, 0.15) is 0 Å². The molecule has 0 fully saturated rings.